The molecule has 1 heterocycles. The fraction of sp³-hybridized carbons (Fsp3) is 0.529. The van der Waals surface area contributed by atoms with Crippen LogP contribution in [0.1, 0.15) is 41.0 Å². The summed E-state index contributed by atoms with van der Waals surface area (Å²) in [6.07, 6.45) is 6.25. The number of Topliss-reactive ketones (excluding diaryl/α,β-unsaturated/α-hetero) is 1. The third-order valence-electron chi connectivity index (χ3n) is 3.92. The number of hydrogen-bond acceptors (Lipinski definition) is 4. The Morgan fingerprint density at radius 1 is 1.33 bits per heavy atom. The summed E-state index contributed by atoms with van der Waals surface area (Å²) < 4.78 is 5.02. The molecule has 114 valence electrons. The van der Waals surface area contributed by atoms with Crippen LogP contribution in [0.5, 0.6) is 0 Å². The molecule has 1 N–H and O–H groups in total. The lowest BCUT2D eigenvalue weighted by molar-refractivity contribution is -0.137. The molecular weight excluding hydrogens is 266 g/mol. The Bertz CT molecular complexity index is 557. The van der Waals surface area contributed by atoms with E-state index in [0.717, 1.165) is 23.3 Å². The smallest absolute Gasteiger partial charge is 0.332 e. The lowest BCUT2D eigenvalue weighted by Crippen LogP contribution is -2.31. The highest BCUT2D eigenvalue weighted by atomic mass is 16.5. The lowest BCUT2D eigenvalue weighted by Gasteiger charge is -2.28. The number of carbonyl (C=O) groups is 2. The van der Waals surface area contributed by atoms with Gasteiger partial charge in [-0.1, -0.05) is 12.2 Å². The number of ether oxygens (including phenoxy) is 1. The summed E-state index contributed by atoms with van der Waals surface area (Å²) in [5.41, 5.74) is 1.69. The summed E-state index contributed by atoms with van der Waals surface area (Å²) in [5.74, 6) is -0.285. The van der Waals surface area contributed by atoms with Crippen molar-refractivity contribution in [1.29, 1.82) is 0 Å². The number of carbonyl (C=O) groups excluding carboxylic acids is 2. The summed E-state index contributed by atoms with van der Waals surface area (Å²) in [6.45, 7) is 9.96. The molecule has 0 amide bonds. The van der Waals surface area contributed by atoms with E-state index in [1.165, 1.54) is 6.08 Å². The number of hydrogen-bond donors (Lipinski definition) is 1. The number of nitrogens with one attached hydrogen (secondary N) is 1. The molecule has 0 unspecified atom stereocenters. The maximum atomic E-state index is 12.0. The third kappa shape index (κ3) is 2.94. The van der Waals surface area contributed by atoms with Gasteiger partial charge in [0.15, 0.2) is 5.78 Å². The maximum Gasteiger partial charge on any atom is 0.332 e. The molecule has 1 spiro atoms. The van der Waals surface area contributed by atoms with Gasteiger partial charge in [-0.2, -0.15) is 0 Å². The molecule has 2 rings (SSSR count). The van der Waals surface area contributed by atoms with Crippen LogP contribution in [0, 0.1) is 5.41 Å². The zero-order valence-electron chi connectivity index (χ0n) is 13.4. The van der Waals surface area contributed by atoms with Gasteiger partial charge in [-0.25, -0.2) is 4.79 Å². The summed E-state index contributed by atoms with van der Waals surface area (Å²) in [5, 5.41) is 3.40. The fourth-order valence-corrected chi connectivity index (χ4v) is 3.34. The van der Waals surface area contributed by atoms with E-state index in [9.17, 15) is 9.59 Å². The summed E-state index contributed by atoms with van der Waals surface area (Å²) in [6, 6.07) is 0. The molecule has 0 aromatic carbocycles. The second-order valence-electron chi connectivity index (χ2n) is 6.52. The Morgan fingerprint density at radius 2 is 1.90 bits per heavy atom. The molecule has 0 aromatic rings. The summed E-state index contributed by atoms with van der Waals surface area (Å²) in [7, 11) is 0. The average Bonchev–Trinajstić information content (AvgIpc) is 2.57. The highest BCUT2D eigenvalue weighted by Crippen LogP contribution is 2.47. The molecule has 1 saturated heterocycles. The van der Waals surface area contributed by atoms with E-state index in [1.54, 1.807) is 6.92 Å². The predicted octanol–water partition coefficient (Wildman–Crippen LogP) is 2.67. The first-order valence-electron chi connectivity index (χ1n) is 7.30. The molecule has 1 fully saturated rings. The quantitative estimate of drug-likeness (QED) is 0.627. The molecule has 0 saturated carbocycles. The molecule has 0 bridgehead atoms. The van der Waals surface area contributed by atoms with Crippen LogP contribution in [0.4, 0.5) is 0 Å². The molecule has 1 aliphatic carbocycles. The van der Waals surface area contributed by atoms with Gasteiger partial charge in [0.2, 0.25) is 0 Å². The van der Waals surface area contributed by atoms with Crippen molar-refractivity contribution in [2.75, 3.05) is 6.61 Å². The molecule has 0 aromatic heterocycles. The van der Waals surface area contributed by atoms with Crippen molar-refractivity contribution in [3.05, 3.63) is 35.1 Å². The van der Waals surface area contributed by atoms with Crippen molar-refractivity contribution in [2.24, 2.45) is 5.41 Å². The molecule has 21 heavy (non-hydrogen) atoms. The Balaban J connectivity index is 2.49. The van der Waals surface area contributed by atoms with Crippen LogP contribution in [0.25, 0.3) is 0 Å². The second kappa shape index (κ2) is 5.17. The highest BCUT2D eigenvalue weighted by molar-refractivity contribution is 6.08. The lowest BCUT2D eigenvalue weighted by atomic mass is 9.73. The monoisotopic (exact) mass is 289 g/mol. The van der Waals surface area contributed by atoms with Crippen LogP contribution in [0.3, 0.4) is 0 Å². The maximum absolute atomic E-state index is 12.0. The minimum atomic E-state index is -0.418. The fourth-order valence-electron chi connectivity index (χ4n) is 3.34. The van der Waals surface area contributed by atoms with Crippen molar-refractivity contribution in [3.8, 4) is 0 Å². The minimum Gasteiger partial charge on any atom is -0.463 e. The Morgan fingerprint density at radius 3 is 2.43 bits per heavy atom. The normalized spacial score (nSPS) is 24.6. The Hall–Kier alpha value is -1.84. The zero-order valence-corrected chi connectivity index (χ0v) is 13.4. The van der Waals surface area contributed by atoms with Gasteiger partial charge in [-0.3, -0.25) is 4.79 Å². The second-order valence-corrected chi connectivity index (χ2v) is 6.52. The number of rotatable bonds is 2. The van der Waals surface area contributed by atoms with E-state index in [0.29, 0.717) is 6.61 Å². The summed E-state index contributed by atoms with van der Waals surface area (Å²) in [4.78, 5) is 23.8. The van der Waals surface area contributed by atoms with E-state index in [-0.39, 0.29) is 17.3 Å². The molecule has 0 atom stereocenters. The van der Waals surface area contributed by atoms with E-state index < -0.39 is 5.41 Å². The molecule has 1 aliphatic heterocycles. The predicted molar refractivity (Wildman–Crippen MR) is 81.5 cm³/mol. The van der Waals surface area contributed by atoms with E-state index in [2.05, 4.69) is 19.2 Å². The minimum absolute atomic E-state index is 0.0702. The van der Waals surface area contributed by atoms with Gasteiger partial charge in [0.1, 0.15) is 0 Å². The van der Waals surface area contributed by atoms with Crippen molar-refractivity contribution in [2.45, 2.75) is 46.6 Å². The zero-order chi connectivity index (χ0) is 15.8. The van der Waals surface area contributed by atoms with Gasteiger partial charge >= 0.3 is 5.97 Å². The van der Waals surface area contributed by atoms with Gasteiger partial charge < -0.3 is 10.1 Å². The van der Waals surface area contributed by atoms with Crippen LogP contribution in [-0.4, -0.2) is 23.9 Å². The first-order chi connectivity index (χ1) is 9.69. The van der Waals surface area contributed by atoms with Crippen LogP contribution < -0.4 is 5.32 Å². The standard InChI is InChI=1S/C17H23NO3/c1-6-21-14(19)7-13-17(10-16(4,5)18-13)8-11(2)15(20)12(3)9-17/h7-9,18H,6,10H2,1-5H3. The number of ketones is 1. The molecule has 4 nitrogen and oxygen atoms in total. The Kier molecular flexibility index (Phi) is 3.83. The van der Waals surface area contributed by atoms with Gasteiger partial charge in [0, 0.05) is 22.7 Å². The SMILES string of the molecule is CCOC(=O)C=C1NC(C)(C)CC12C=C(C)C(=O)C(C)=C2. The molecule has 4 heteroatoms. The summed E-state index contributed by atoms with van der Waals surface area (Å²) >= 11 is 0. The Labute approximate surface area is 125 Å². The van der Waals surface area contributed by atoms with Crippen LogP contribution in [0.2, 0.25) is 0 Å². The third-order valence-corrected chi connectivity index (χ3v) is 3.92. The average molecular weight is 289 g/mol. The largest absolute Gasteiger partial charge is 0.463 e. The van der Waals surface area contributed by atoms with E-state index in [4.69, 9.17) is 4.74 Å². The van der Waals surface area contributed by atoms with Crippen LogP contribution >= 0.6 is 0 Å². The highest BCUT2D eigenvalue weighted by Gasteiger charge is 2.46. The van der Waals surface area contributed by atoms with Crippen LogP contribution in [0.15, 0.2) is 35.1 Å². The van der Waals surface area contributed by atoms with Crippen molar-refractivity contribution < 1.29 is 14.3 Å². The van der Waals surface area contributed by atoms with Crippen molar-refractivity contribution in [1.82, 2.24) is 5.32 Å². The number of esters is 1. The first-order valence-corrected chi connectivity index (χ1v) is 7.30. The number of allylic oxidation sites excluding steroid dienone is 3. The van der Waals surface area contributed by atoms with Crippen LogP contribution in [-0.2, 0) is 14.3 Å². The van der Waals surface area contributed by atoms with Crippen molar-refractivity contribution >= 4 is 11.8 Å². The van der Waals surface area contributed by atoms with Gasteiger partial charge in [-0.15, -0.1) is 0 Å². The van der Waals surface area contributed by atoms with Crippen molar-refractivity contribution in [3.63, 3.8) is 0 Å². The molecular formula is C17H23NO3. The van der Waals surface area contributed by atoms with Gasteiger partial charge in [0.25, 0.3) is 0 Å². The topological polar surface area (TPSA) is 55.4 Å². The van der Waals surface area contributed by atoms with E-state index >= 15 is 0 Å². The van der Waals surface area contributed by atoms with Gasteiger partial charge in [0.05, 0.1) is 6.61 Å². The van der Waals surface area contributed by atoms with Gasteiger partial charge in [-0.05, 0) is 52.2 Å². The first kappa shape index (κ1) is 15.5. The molecule has 2 aliphatic rings. The van der Waals surface area contributed by atoms with E-state index in [1.807, 2.05) is 26.0 Å². The molecule has 0 radical (unpaired) electrons.